The number of halogens is 3. The van der Waals surface area contributed by atoms with Gasteiger partial charge in [0.1, 0.15) is 0 Å². The van der Waals surface area contributed by atoms with Crippen LogP contribution < -0.4 is 0 Å². The van der Waals surface area contributed by atoms with E-state index < -0.39 is 11.7 Å². The predicted molar refractivity (Wildman–Crippen MR) is 109 cm³/mol. The molecule has 0 spiro atoms. The molecule has 3 rings (SSSR count). The molecule has 0 bridgehead atoms. The minimum absolute atomic E-state index is 0.279. The number of hydrogen-bond donors (Lipinski definition) is 0. The molecule has 1 fully saturated rings. The van der Waals surface area contributed by atoms with Crippen LogP contribution in [0.25, 0.3) is 6.08 Å². The zero-order valence-electron chi connectivity index (χ0n) is 15.6. The number of aliphatic imine (C=N–C) groups is 1. The first-order valence-electron chi connectivity index (χ1n) is 8.90. The van der Waals surface area contributed by atoms with Gasteiger partial charge in [-0.2, -0.15) is 13.2 Å². The van der Waals surface area contributed by atoms with E-state index in [4.69, 9.17) is 4.74 Å². The fraction of sp³-hybridized carbons (Fsp3) is 0.238. The van der Waals surface area contributed by atoms with Crippen molar-refractivity contribution in [1.29, 1.82) is 0 Å². The third-order valence-electron chi connectivity index (χ3n) is 4.11. The molecule has 1 heterocycles. The molecule has 0 aromatic heterocycles. The number of ether oxygens (including phenoxy) is 1. The largest absolute Gasteiger partial charge is 0.416 e. The summed E-state index contributed by atoms with van der Waals surface area (Å²) in [6.07, 6.45) is -2.35. The van der Waals surface area contributed by atoms with E-state index >= 15 is 0 Å². The number of amides is 1. The molecule has 0 atom stereocenters. The summed E-state index contributed by atoms with van der Waals surface area (Å²) in [5.74, 6) is -0.279. The average molecular weight is 420 g/mol. The number of benzene rings is 2. The maximum absolute atomic E-state index is 13.0. The molecular weight excluding hydrogens is 401 g/mol. The van der Waals surface area contributed by atoms with Gasteiger partial charge in [0.2, 0.25) is 0 Å². The first kappa shape index (κ1) is 21.1. The summed E-state index contributed by atoms with van der Waals surface area (Å²) in [4.78, 5) is 19.3. The molecule has 1 saturated heterocycles. The molecule has 1 amide bonds. The standard InChI is InChI=1S/C21H19F3N2O2S/c1-28-12-6-11-26-19(27)18(29-20(26)25-17-9-3-2-4-10-17)14-15-7-5-8-16(13-15)21(22,23)24/h2-5,7-10,13-14H,6,11-12H2,1H3. The van der Waals surface area contributed by atoms with Crippen molar-refractivity contribution in [2.75, 3.05) is 20.3 Å². The van der Waals surface area contributed by atoms with Crippen LogP contribution in [0, 0.1) is 0 Å². The quantitative estimate of drug-likeness (QED) is 0.468. The third kappa shape index (κ3) is 5.48. The Morgan fingerprint density at radius 2 is 1.90 bits per heavy atom. The first-order valence-corrected chi connectivity index (χ1v) is 9.71. The number of alkyl halides is 3. The van der Waals surface area contributed by atoms with Gasteiger partial charge < -0.3 is 4.74 Å². The monoisotopic (exact) mass is 420 g/mol. The number of thioether (sulfide) groups is 1. The summed E-state index contributed by atoms with van der Waals surface area (Å²) >= 11 is 1.15. The summed E-state index contributed by atoms with van der Waals surface area (Å²) in [6, 6.07) is 14.1. The minimum Gasteiger partial charge on any atom is -0.385 e. The predicted octanol–water partition coefficient (Wildman–Crippen LogP) is 5.35. The second kappa shape index (κ2) is 9.28. The van der Waals surface area contributed by atoms with Crippen molar-refractivity contribution < 1.29 is 22.7 Å². The summed E-state index contributed by atoms with van der Waals surface area (Å²) in [5.41, 5.74) is 0.255. The Hall–Kier alpha value is -2.58. The van der Waals surface area contributed by atoms with Crippen molar-refractivity contribution in [3.8, 4) is 0 Å². The molecule has 152 valence electrons. The fourth-order valence-electron chi connectivity index (χ4n) is 2.72. The van der Waals surface area contributed by atoms with E-state index in [1.807, 2.05) is 30.3 Å². The molecule has 29 heavy (non-hydrogen) atoms. The Bertz CT molecular complexity index is 927. The van der Waals surface area contributed by atoms with Crippen molar-refractivity contribution in [2.45, 2.75) is 12.6 Å². The lowest BCUT2D eigenvalue weighted by Crippen LogP contribution is -2.30. The molecular formula is C21H19F3N2O2S. The summed E-state index contributed by atoms with van der Waals surface area (Å²) in [5, 5.41) is 0.496. The Morgan fingerprint density at radius 1 is 1.14 bits per heavy atom. The van der Waals surface area contributed by atoms with Crippen molar-refractivity contribution in [3.05, 3.63) is 70.6 Å². The molecule has 8 heteroatoms. The van der Waals surface area contributed by atoms with Crippen LogP contribution in [0.15, 0.2) is 64.5 Å². The molecule has 1 aliphatic rings. The topological polar surface area (TPSA) is 41.9 Å². The van der Waals surface area contributed by atoms with E-state index in [1.165, 1.54) is 23.1 Å². The van der Waals surface area contributed by atoms with Crippen LogP contribution in [0.5, 0.6) is 0 Å². The Balaban J connectivity index is 1.91. The number of carbonyl (C=O) groups is 1. The minimum atomic E-state index is -4.44. The Kier molecular flexibility index (Phi) is 6.76. The number of amidine groups is 1. The van der Waals surface area contributed by atoms with Gasteiger partial charge >= 0.3 is 6.18 Å². The van der Waals surface area contributed by atoms with Crippen LogP contribution in [-0.2, 0) is 15.7 Å². The molecule has 0 N–H and O–H groups in total. The van der Waals surface area contributed by atoms with Crippen LogP contribution in [0.2, 0.25) is 0 Å². The number of nitrogens with zero attached hydrogens (tertiary/aromatic N) is 2. The van der Waals surface area contributed by atoms with Crippen LogP contribution in [-0.4, -0.2) is 36.2 Å². The molecule has 0 aliphatic carbocycles. The summed E-state index contributed by atoms with van der Waals surface area (Å²) in [7, 11) is 1.58. The van der Waals surface area contributed by atoms with Crippen LogP contribution >= 0.6 is 11.8 Å². The molecule has 2 aromatic carbocycles. The van der Waals surface area contributed by atoms with Crippen molar-refractivity contribution >= 4 is 34.6 Å². The molecule has 4 nitrogen and oxygen atoms in total. The SMILES string of the molecule is COCCCN1C(=O)C(=Cc2cccc(C(F)(F)F)c2)SC1=Nc1ccccc1. The first-order chi connectivity index (χ1) is 13.9. The lowest BCUT2D eigenvalue weighted by atomic mass is 10.1. The van der Waals surface area contributed by atoms with Gasteiger partial charge in [-0.1, -0.05) is 30.3 Å². The second-order valence-electron chi connectivity index (χ2n) is 6.27. The van der Waals surface area contributed by atoms with Crippen molar-refractivity contribution in [3.63, 3.8) is 0 Å². The van der Waals surface area contributed by atoms with E-state index in [1.54, 1.807) is 7.11 Å². The Labute approximate surface area is 171 Å². The van der Waals surface area contributed by atoms with E-state index in [0.717, 1.165) is 23.9 Å². The lowest BCUT2D eigenvalue weighted by molar-refractivity contribution is -0.137. The zero-order chi connectivity index (χ0) is 20.9. The van der Waals surface area contributed by atoms with Gasteiger partial charge in [-0.25, -0.2) is 4.99 Å². The fourth-order valence-corrected chi connectivity index (χ4v) is 3.75. The number of carbonyl (C=O) groups excluding carboxylic acids is 1. The highest BCUT2D eigenvalue weighted by atomic mass is 32.2. The summed E-state index contributed by atoms with van der Waals surface area (Å²) in [6.45, 7) is 0.894. The van der Waals surface area contributed by atoms with Gasteiger partial charge in [0.25, 0.3) is 5.91 Å². The van der Waals surface area contributed by atoms with Crippen LogP contribution in [0.1, 0.15) is 17.5 Å². The van der Waals surface area contributed by atoms with E-state index in [2.05, 4.69) is 4.99 Å². The highest BCUT2D eigenvalue weighted by Crippen LogP contribution is 2.35. The zero-order valence-corrected chi connectivity index (χ0v) is 16.5. The van der Waals surface area contributed by atoms with E-state index in [9.17, 15) is 18.0 Å². The smallest absolute Gasteiger partial charge is 0.385 e. The molecule has 1 aliphatic heterocycles. The van der Waals surface area contributed by atoms with Crippen molar-refractivity contribution in [1.82, 2.24) is 4.90 Å². The van der Waals surface area contributed by atoms with E-state index in [-0.39, 0.29) is 5.91 Å². The molecule has 0 saturated carbocycles. The number of hydrogen-bond acceptors (Lipinski definition) is 4. The number of rotatable bonds is 6. The van der Waals surface area contributed by atoms with Crippen LogP contribution in [0.4, 0.5) is 18.9 Å². The van der Waals surface area contributed by atoms with Crippen molar-refractivity contribution in [2.24, 2.45) is 4.99 Å². The average Bonchev–Trinajstić information content (AvgIpc) is 2.97. The molecule has 2 aromatic rings. The van der Waals surface area contributed by atoms with Gasteiger partial charge in [-0.15, -0.1) is 0 Å². The number of para-hydroxylation sites is 1. The highest BCUT2D eigenvalue weighted by molar-refractivity contribution is 8.18. The van der Waals surface area contributed by atoms with Gasteiger partial charge in [0.05, 0.1) is 16.2 Å². The molecule has 0 radical (unpaired) electrons. The highest BCUT2D eigenvalue weighted by Gasteiger charge is 2.34. The van der Waals surface area contributed by atoms with Crippen LogP contribution in [0.3, 0.4) is 0 Å². The maximum Gasteiger partial charge on any atom is 0.416 e. The maximum atomic E-state index is 13.0. The summed E-state index contributed by atoms with van der Waals surface area (Å²) < 4.78 is 43.9. The normalized spacial score (nSPS) is 17.5. The second-order valence-corrected chi connectivity index (χ2v) is 7.28. The lowest BCUT2D eigenvalue weighted by Gasteiger charge is -2.15. The molecule has 0 unspecified atom stereocenters. The van der Waals surface area contributed by atoms with Gasteiger partial charge in [0.15, 0.2) is 5.17 Å². The van der Waals surface area contributed by atoms with E-state index in [0.29, 0.717) is 40.9 Å². The van der Waals surface area contributed by atoms with Gasteiger partial charge in [-0.3, -0.25) is 9.69 Å². The number of methoxy groups -OCH3 is 1. The third-order valence-corrected chi connectivity index (χ3v) is 5.12. The van der Waals surface area contributed by atoms with Gasteiger partial charge in [0, 0.05) is 20.3 Å². The van der Waals surface area contributed by atoms with Gasteiger partial charge in [-0.05, 0) is 54.1 Å². The Morgan fingerprint density at radius 3 is 2.59 bits per heavy atom.